The monoisotopic (exact) mass is 347 g/mol. The van der Waals surface area contributed by atoms with Crippen LogP contribution in [0.25, 0.3) is 10.4 Å². The molecule has 0 saturated carbocycles. The number of nitrogens with two attached hydrogens (primary N) is 2. The second-order valence-corrected chi connectivity index (χ2v) is 6.36. The predicted octanol–water partition coefficient (Wildman–Crippen LogP) is 2.17. The molecule has 24 heavy (non-hydrogen) atoms. The first-order chi connectivity index (χ1) is 11.5. The normalized spacial score (nSPS) is 16.8. The molecule has 3 rings (SSSR count). The average Bonchev–Trinajstić information content (AvgIpc) is 3.17. The molecule has 8 heteroatoms. The van der Waals surface area contributed by atoms with Crippen LogP contribution in [0.15, 0.2) is 30.3 Å². The minimum absolute atomic E-state index is 0.00457. The number of para-hydroxylation sites is 1. The fraction of sp³-hybridized carbons (Fsp3) is 0.250. The molecule has 1 aliphatic heterocycles. The lowest BCUT2D eigenvalue weighted by atomic mass is 10.1. The van der Waals surface area contributed by atoms with Crippen LogP contribution in [-0.2, 0) is 4.74 Å². The molecule has 1 aromatic carbocycles. The zero-order valence-corrected chi connectivity index (χ0v) is 13.6. The number of benzene rings is 1. The van der Waals surface area contributed by atoms with Crippen LogP contribution >= 0.6 is 11.3 Å². The molecule has 0 radical (unpaired) electrons. The average molecular weight is 347 g/mol. The van der Waals surface area contributed by atoms with E-state index in [0.717, 1.165) is 16.9 Å². The molecule has 2 heterocycles. The number of hydrogen-bond donors (Lipinski definition) is 3. The summed E-state index contributed by atoms with van der Waals surface area (Å²) in [5.74, 6) is 0.0553. The number of amides is 3. The van der Waals surface area contributed by atoms with E-state index in [0.29, 0.717) is 24.0 Å². The third-order valence-electron chi connectivity index (χ3n) is 3.57. The molecule has 1 fully saturated rings. The molecule has 2 aromatic rings. The standard InChI is InChI=1S/C16H17N3O4S/c17-14(20)11-7-13(24-15(11)19-16(18)21)10-3-1-2-4-12(10)23-9-5-6-22-8-9/h1-4,7,9H,5-6,8H2,(H2,17,20)(H3,18,19,21)/t9-/m0/s1. The van der Waals surface area contributed by atoms with Gasteiger partial charge in [-0.25, -0.2) is 4.79 Å². The number of urea groups is 1. The number of rotatable bonds is 5. The van der Waals surface area contributed by atoms with Gasteiger partial charge in [0.1, 0.15) is 16.9 Å². The highest BCUT2D eigenvalue weighted by Gasteiger charge is 2.21. The molecular weight excluding hydrogens is 330 g/mol. The summed E-state index contributed by atoms with van der Waals surface area (Å²) in [7, 11) is 0. The zero-order chi connectivity index (χ0) is 17.1. The number of carbonyl (C=O) groups excluding carboxylic acids is 2. The molecular formula is C16H17N3O4S. The van der Waals surface area contributed by atoms with E-state index >= 15 is 0 Å². The highest BCUT2D eigenvalue weighted by atomic mass is 32.1. The Labute approximate surface area is 142 Å². The Morgan fingerprint density at radius 1 is 1.29 bits per heavy atom. The van der Waals surface area contributed by atoms with E-state index in [9.17, 15) is 9.59 Å². The minimum atomic E-state index is -0.751. The van der Waals surface area contributed by atoms with Crippen molar-refractivity contribution in [3.05, 3.63) is 35.9 Å². The van der Waals surface area contributed by atoms with Crippen molar-refractivity contribution in [2.75, 3.05) is 18.5 Å². The van der Waals surface area contributed by atoms with Gasteiger partial charge in [-0.05, 0) is 18.2 Å². The molecule has 1 aromatic heterocycles. The Morgan fingerprint density at radius 2 is 2.08 bits per heavy atom. The smallest absolute Gasteiger partial charge is 0.317 e. The molecule has 0 spiro atoms. The van der Waals surface area contributed by atoms with Crippen molar-refractivity contribution in [2.24, 2.45) is 11.5 Å². The second-order valence-electron chi connectivity index (χ2n) is 5.31. The van der Waals surface area contributed by atoms with Crippen LogP contribution < -0.4 is 21.5 Å². The van der Waals surface area contributed by atoms with Crippen molar-refractivity contribution in [3.8, 4) is 16.2 Å². The summed E-state index contributed by atoms with van der Waals surface area (Å²) in [5, 5.41) is 2.76. The summed E-state index contributed by atoms with van der Waals surface area (Å²) in [6.45, 7) is 1.24. The summed E-state index contributed by atoms with van der Waals surface area (Å²) < 4.78 is 11.3. The van der Waals surface area contributed by atoms with E-state index in [-0.39, 0.29) is 11.7 Å². The fourth-order valence-corrected chi connectivity index (χ4v) is 3.57. The summed E-state index contributed by atoms with van der Waals surface area (Å²) in [6.07, 6.45) is 0.838. The Hall–Kier alpha value is -2.58. The van der Waals surface area contributed by atoms with Crippen LogP contribution in [0.3, 0.4) is 0 Å². The van der Waals surface area contributed by atoms with E-state index < -0.39 is 11.9 Å². The van der Waals surface area contributed by atoms with E-state index in [1.807, 2.05) is 24.3 Å². The third-order valence-corrected chi connectivity index (χ3v) is 4.65. The van der Waals surface area contributed by atoms with Gasteiger partial charge in [-0.3, -0.25) is 10.1 Å². The van der Waals surface area contributed by atoms with Gasteiger partial charge in [0.05, 0.1) is 18.8 Å². The summed E-state index contributed by atoms with van der Waals surface area (Å²) in [5.41, 5.74) is 11.6. The van der Waals surface area contributed by atoms with Gasteiger partial charge in [0, 0.05) is 16.9 Å². The van der Waals surface area contributed by atoms with E-state index in [2.05, 4.69) is 5.32 Å². The van der Waals surface area contributed by atoms with Crippen molar-refractivity contribution in [2.45, 2.75) is 12.5 Å². The quantitative estimate of drug-likeness (QED) is 0.768. The van der Waals surface area contributed by atoms with Gasteiger partial charge in [-0.15, -0.1) is 11.3 Å². The van der Waals surface area contributed by atoms with Crippen LogP contribution in [0, 0.1) is 0 Å². The van der Waals surface area contributed by atoms with Gasteiger partial charge >= 0.3 is 6.03 Å². The van der Waals surface area contributed by atoms with Crippen LogP contribution in [0.1, 0.15) is 16.8 Å². The lowest BCUT2D eigenvalue weighted by Gasteiger charge is -2.14. The first-order valence-corrected chi connectivity index (χ1v) is 8.20. The number of primary amides is 2. The number of nitrogens with one attached hydrogen (secondary N) is 1. The number of carbonyl (C=O) groups is 2. The van der Waals surface area contributed by atoms with Crippen molar-refractivity contribution >= 4 is 28.3 Å². The Balaban J connectivity index is 1.96. The van der Waals surface area contributed by atoms with E-state index in [1.54, 1.807) is 6.07 Å². The molecule has 1 atom stereocenters. The maximum atomic E-state index is 11.6. The maximum Gasteiger partial charge on any atom is 0.317 e. The highest BCUT2D eigenvalue weighted by Crippen LogP contribution is 2.40. The van der Waals surface area contributed by atoms with Crippen molar-refractivity contribution in [1.29, 1.82) is 0 Å². The minimum Gasteiger partial charge on any atom is -0.487 e. The molecule has 3 amide bonds. The Bertz CT molecular complexity index is 768. The maximum absolute atomic E-state index is 11.6. The number of ether oxygens (including phenoxy) is 2. The van der Waals surface area contributed by atoms with Gasteiger partial charge in [0.2, 0.25) is 0 Å². The molecule has 5 N–H and O–H groups in total. The van der Waals surface area contributed by atoms with Gasteiger partial charge in [0.15, 0.2) is 0 Å². The first-order valence-electron chi connectivity index (χ1n) is 7.38. The number of hydrogen-bond acceptors (Lipinski definition) is 5. The third kappa shape index (κ3) is 3.50. The summed E-state index contributed by atoms with van der Waals surface area (Å²) in [4.78, 5) is 23.5. The van der Waals surface area contributed by atoms with Gasteiger partial charge < -0.3 is 20.9 Å². The summed E-state index contributed by atoms with van der Waals surface area (Å²) >= 11 is 1.22. The lowest BCUT2D eigenvalue weighted by molar-refractivity contribution is 0.100. The second kappa shape index (κ2) is 6.90. The lowest BCUT2D eigenvalue weighted by Crippen LogP contribution is -2.21. The SMILES string of the molecule is NC(=O)Nc1sc(-c2ccccc2O[C@H]2CCOC2)cc1C(N)=O. The topological polar surface area (TPSA) is 117 Å². The van der Waals surface area contributed by atoms with Crippen LogP contribution in [-0.4, -0.2) is 31.3 Å². The van der Waals surface area contributed by atoms with E-state index in [1.165, 1.54) is 11.3 Å². The van der Waals surface area contributed by atoms with E-state index in [4.69, 9.17) is 20.9 Å². The van der Waals surface area contributed by atoms with Crippen LogP contribution in [0.2, 0.25) is 0 Å². The Kier molecular flexibility index (Phi) is 4.68. The highest BCUT2D eigenvalue weighted by molar-refractivity contribution is 7.20. The van der Waals surface area contributed by atoms with Gasteiger partial charge in [-0.1, -0.05) is 12.1 Å². The zero-order valence-electron chi connectivity index (χ0n) is 12.8. The molecule has 1 saturated heterocycles. The first kappa shape index (κ1) is 16.3. The number of anilines is 1. The van der Waals surface area contributed by atoms with Crippen molar-refractivity contribution < 1.29 is 19.1 Å². The molecule has 0 bridgehead atoms. The predicted molar refractivity (Wildman–Crippen MR) is 91.3 cm³/mol. The molecule has 0 aliphatic carbocycles. The largest absolute Gasteiger partial charge is 0.487 e. The fourth-order valence-electron chi connectivity index (χ4n) is 2.47. The summed E-state index contributed by atoms with van der Waals surface area (Å²) in [6, 6.07) is 8.37. The number of thiophene rings is 1. The van der Waals surface area contributed by atoms with Crippen LogP contribution in [0.5, 0.6) is 5.75 Å². The van der Waals surface area contributed by atoms with Crippen molar-refractivity contribution in [1.82, 2.24) is 0 Å². The Morgan fingerprint density at radius 3 is 2.75 bits per heavy atom. The molecule has 0 unspecified atom stereocenters. The van der Waals surface area contributed by atoms with Gasteiger partial charge in [0.25, 0.3) is 5.91 Å². The van der Waals surface area contributed by atoms with Crippen LogP contribution in [0.4, 0.5) is 9.80 Å². The van der Waals surface area contributed by atoms with Crippen molar-refractivity contribution in [3.63, 3.8) is 0 Å². The molecule has 7 nitrogen and oxygen atoms in total. The molecule has 126 valence electrons. The molecule has 1 aliphatic rings. The van der Waals surface area contributed by atoms with Gasteiger partial charge in [-0.2, -0.15) is 0 Å².